The van der Waals surface area contributed by atoms with Crippen LogP contribution in [0.15, 0.2) is 36.5 Å². The van der Waals surface area contributed by atoms with Crippen molar-refractivity contribution in [3.8, 4) is 11.5 Å². The largest absolute Gasteiger partial charge is 0.433 e. The van der Waals surface area contributed by atoms with E-state index >= 15 is 0 Å². The molecule has 4 heterocycles. The summed E-state index contributed by atoms with van der Waals surface area (Å²) in [6.45, 7) is 2.98. The average Bonchev–Trinajstić information content (AvgIpc) is 3.12. The predicted octanol–water partition coefficient (Wildman–Crippen LogP) is 3.68. The Hall–Kier alpha value is -3.41. The highest BCUT2D eigenvalue weighted by atomic mass is 19.4. The first-order chi connectivity index (χ1) is 14.8. The Bertz CT molecular complexity index is 1080. The molecule has 31 heavy (non-hydrogen) atoms. The van der Waals surface area contributed by atoms with E-state index in [1.165, 1.54) is 24.4 Å². The number of nitrogens with one attached hydrogen (secondary N) is 2. The van der Waals surface area contributed by atoms with Gasteiger partial charge in [-0.05, 0) is 18.2 Å². The molecule has 1 saturated heterocycles. The molecule has 3 aromatic rings. The average molecular weight is 435 g/mol. The van der Waals surface area contributed by atoms with Crippen LogP contribution in [0.4, 0.5) is 35.1 Å². The molecule has 3 aromatic heterocycles. The lowest BCUT2D eigenvalue weighted by Gasteiger charge is -2.16. The summed E-state index contributed by atoms with van der Waals surface area (Å²) in [6.07, 6.45) is -3.36. The Balaban J connectivity index is 1.72. The topological polar surface area (TPSA) is 97.7 Å². The van der Waals surface area contributed by atoms with Crippen molar-refractivity contribution < 1.29 is 22.3 Å². The molecule has 0 radical (unpaired) electrons. The van der Waals surface area contributed by atoms with E-state index in [0.717, 1.165) is 12.1 Å². The van der Waals surface area contributed by atoms with E-state index in [-0.39, 0.29) is 35.4 Å². The molecule has 1 aliphatic heterocycles. The number of nitrogens with zero attached hydrogens (tertiary/aromatic N) is 5. The van der Waals surface area contributed by atoms with Crippen LogP contribution in [0.2, 0.25) is 0 Å². The van der Waals surface area contributed by atoms with Crippen molar-refractivity contribution in [1.29, 1.82) is 0 Å². The second kappa shape index (κ2) is 8.38. The van der Waals surface area contributed by atoms with Crippen molar-refractivity contribution in [2.24, 2.45) is 5.92 Å². The fourth-order valence-electron chi connectivity index (χ4n) is 2.95. The minimum atomic E-state index is -4.61. The van der Waals surface area contributed by atoms with Crippen molar-refractivity contribution >= 4 is 17.6 Å². The zero-order valence-corrected chi connectivity index (χ0v) is 16.2. The second-order valence-electron chi connectivity index (χ2n) is 6.97. The molecule has 2 atom stereocenters. The molecule has 0 aliphatic carbocycles. The van der Waals surface area contributed by atoms with Crippen LogP contribution in [0.25, 0.3) is 11.5 Å². The Morgan fingerprint density at radius 3 is 2.55 bits per heavy atom. The molecule has 162 valence electrons. The Labute approximate surface area is 174 Å². The fraction of sp³-hybridized carbons (Fsp3) is 0.316. The molecule has 0 bridgehead atoms. The fourth-order valence-corrected chi connectivity index (χ4v) is 2.95. The first-order valence-electron chi connectivity index (χ1n) is 9.31. The number of hydrogen-bond donors (Lipinski definition) is 2. The smallest absolute Gasteiger partial charge is 0.379 e. The second-order valence-corrected chi connectivity index (χ2v) is 6.97. The molecular weight excluding hydrogens is 418 g/mol. The maximum absolute atomic E-state index is 13.4. The lowest BCUT2D eigenvalue weighted by atomic mass is 10.1. The summed E-state index contributed by atoms with van der Waals surface area (Å²) >= 11 is 0. The number of rotatable bonds is 5. The monoisotopic (exact) mass is 435 g/mol. The molecule has 1 fully saturated rings. The standard InChI is InChI=1S/C19H17F4N7O/c1-10-8-31-9-13(10)27-18-29-16(12-3-2-4-14(26-12)19(21,22)23)28-17(30-18)25-11-5-6-24-15(20)7-11/h2-7,10,13H,8-9H2,1H3,(H2,24,25,27,28,29,30). The molecule has 0 aromatic carbocycles. The van der Waals surface area contributed by atoms with Gasteiger partial charge in [0.1, 0.15) is 11.4 Å². The van der Waals surface area contributed by atoms with Crippen molar-refractivity contribution in [2.75, 3.05) is 23.8 Å². The van der Waals surface area contributed by atoms with Gasteiger partial charge in [0.25, 0.3) is 0 Å². The third-order valence-corrected chi connectivity index (χ3v) is 4.57. The van der Waals surface area contributed by atoms with Crippen LogP contribution >= 0.6 is 0 Å². The van der Waals surface area contributed by atoms with E-state index in [0.29, 0.717) is 18.9 Å². The van der Waals surface area contributed by atoms with E-state index in [2.05, 4.69) is 35.6 Å². The maximum atomic E-state index is 13.4. The lowest BCUT2D eigenvalue weighted by Crippen LogP contribution is -2.27. The van der Waals surface area contributed by atoms with Gasteiger partial charge in [0.15, 0.2) is 5.82 Å². The van der Waals surface area contributed by atoms with Crippen molar-refractivity contribution in [3.63, 3.8) is 0 Å². The molecule has 8 nitrogen and oxygen atoms in total. The molecule has 2 N–H and O–H groups in total. The third kappa shape index (κ3) is 5.02. The number of halogens is 4. The summed E-state index contributed by atoms with van der Waals surface area (Å²) in [5.41, 5.74) is -0.839. The summed E-state index contributed by atoms with van der Waals surface area (Å²) in [5.74, 6) is -0.480. The van der Waals surface area contributed by atoms with Crippen molar-refractivity contribution in [3.05, 3.63) is 48.2 Å². The highest BCUT2D eigenvalue weighted by molar-refractivity contribution is 5.58. The van der Waals surface area contributed by atoms with Crippen LogP contribution in [-0.4, -0.2) is 44.2 Å². The summed E-state index contributed by atoms with van der Waals surface area (Å²) in [5, 5.41) is 5.93. The number of ether oxygens (including phenoxy) is 1. The number of aromatic nitrogens is 5. The first kappa shape index (κ1) is 20.8. The molecule has 0 spiro atoms. The van der Waals surface area contributed by atoms with Gasteiger partial charge in [0, 0.05) is 23.9 Å². The molecular formula is C19H17F4N7O. The number of alkyl halides is 3. The van der Waals surface area contributed by atoms with Crippen molar-refractivity contribution in [1.82, 2.24) is 24.9 Å². The molecule has 0 amide bonds. The number of pyridine rings is 2. The van der Waals surface area contributed by atoms with E-state index < -0.39 is 17.8 Å². The van der Waals surface area contributed by atoms with E-state index in [1.54, 1.807) is 0 Å². The Morgan fingerprint density at radius 2 is 1.84 bits per heavy atom. The van der Waals surface area contributed by atoms with Crippen molar-refractivity contribution in [2.45, 2.75) is 19.1 Å². The SMILES string of the molecule is CC1COCC1Nc1nc(Nc2ccnc(F)c2)nc(-c2cccc(C(F)(F)F)n2)n1. The third-order valence-electron chi connectivity index (χ3n) is 4.57. The van der Waals surface area contributed by atoms with Gasteiger partial charge in [0.05, 0.1) is 19.3 Å². The van der Waals surface area contributed by atoms with Crippen LogP contribution in [0.3, 0.4) is 0 Å². The van der Waals surface area contributed by atoms with E-state index in [1.807, 2.05) is 6.92 Å². The van der Waals surface area contributed by atoms with Crippen LogP contribution < -0.4 is 10.6 Å². The van der Waals surface area contributed by atoms with Gasteiger partial charge in [-0.3, -0.25) is 0 Å². The van der Waals surface area contributed by atoms with Gasteiger partial charge in [-0.1, -0.05) is 13.0 Å². The van der Waals surface area contributed by atoms with Gasteiger partial charge in [-0.2, -0.15) is 32.5 Å². The molecule has 12 heteroatoms. The van der Waals surface area contributed by atoms with Crippen LogP contribution in [0, 0.1) is 11.9 Å². The first-order valence-corrected chi connectivity index (χ1v) is 9.31. The molecule has 0 saturated carbocycles. The van der Waals surface area contributed by atoms with Gasteiger partial charge in [0.2, 0.25) is 17.8 Å². The zero-order valence-electron chi connectivity index (χ0n) is 16.2. The zero-order chi connectivity index (χ0) is 22.0. The van der Waals surface area contributed by atoms with Gasteiger partial charge in [-0.25, -0.2) is 9.97 Å². The highest BCUT2D eigenvalue weighted by Gasteiger charge is 2.33. The summed E-state index contributed by atoms with van der Waals surface area (Å²) in [6, 6.07) is 5.99. The van der Waals surface area contributed by atoms with Crippen LogP contribution in [-0.2, 0) is 10.9 Å². The minimum Gasteiger partial charge on any atom is -0.379 e. The van der Waals surface area contributed by atoms with Gasteiger partial charge < -0.3 is 15.4 Å². The van der Waals surface area contributed by atoms with Crippen LogP contribution in [0.5, 0.6) is 0 Å². The lowest BCUT2D eigenvalue weighted by molar-refractivity contribution is -0.141. The Kier molecular flexibility index (Phi) is 5.63. The summed E-state index contributed by atoms with van der Waals surface area (Å²) in [7, 11) is 0. The number of anilines is 3. The minimum absolute atomic E-state index is 0.00359. The van der Waals surface area contributed by atoms with E-state index in [4.69, 9.17) is 4.74 Å². The molecule has 2 unspecified atom stereocenters. The number of hydrogen-bond acceptors (Lipinski definition) is 8. The normalized spacial score (nSPS) is 18.7. The Morgan fingerprint density at radius 1 is 1.03 bits per heavy atom. The molecule has 4 rings (SSSR count). The maximum Gasteiger partial charge on any atom is 0.433 e. The predicted molar refractivity (Wildman–Crippen MR) is 103 cm³/mol. The summed E-state index contributed by atoms with van der Waals surface area (Å²) < 4.78 is 58.1. The quantitative estimate of drug-likeness (QED) is 0.463. The van der Waals surface area contributed by atoms with E-state index in [9.17, 15) is 17.6 Å². The highest BCUT2D eigenvalue weighted by Crippen LogP contribution is 2.29. The summed E-state index contributed by atoms with van der Waals surface area (Å²) in [4.78, 5) is 19.8. The molecule has 1 aliphatic rings. The van der Waals surface area contributed by atoms with Gasteiger partial charge in [-0.15, -0.1) is 0 Å². The van der Waals surface area contributed by atoms with Gasteiger partial charge >= 0.3 is 6.18 Å². The van der Waals surface area contributed by atoms with Crippen LogP contribution in [0.1, 0.15) is 12.6 Å².